The first kappa shape index (κ1) is 30.2. The van der Waals surface area contributed by atoms with Crippen LogP contribution >= 0.6 is 18.5 Å². The molecule has 5 nitrogen and oxygen atoms in total. The molecule has 40 heavy (non-hydrogen) atoms. The lowest BCUT2D eigenvalue weighted by molar-refractivity contribution is -0.126. The summed E-state index contributed by atoms with van der Waals surface area (Å²) in [6.45, 7) is 3.52. The third-order valence-electron chi connectivity index (χ3n) is 6.69. The van der Waals surface area contributed by atoms with Gasteiger partial charge in [0.15, 0.2) is 0 Å². The number of fused-ring (bicyclic) bond motifs is 1. The zero-order chi connectivity index (χ0) is 29.3. The first-order valence-corrected chi connectivity index (χ1v) is 16.0. The average molecular weight is 600 g/mol. The molecule has 0 spiro atoms. The Kier molecular flexibility index (Phi) is 8.74. The Morgan fingerprint density at radius 3 is 2.60 bits per heavy atom. The molecule has 0 radical (unpaired) electrons. The number of hydrogen-bond acceptors (Lipinski definition) is 6. The number of benzene rings is 2. The predicted molar refractivity (Wildman–Crippen MR) is 154 cm³/mol. The molecule has 2 N–H and O–H groups in total. The molecule has 0 amide bonds. The van der Waals surface area contributed by atoms with Gasteiger partial charge in [0.25, 0.3) is 5.92 Å². The molecule has 1 fully saturated rings. The molecular formula is C28H31F5N3O2PS. The lowest BCUT2D eigenvalue weighted by atomic mass is 10.0. The van der Waals surface area contributed by atoms with Crippen LogP contribution in [0.4, 0.5) is 33.3 Å². The second-order valence-electron chi connectivity index (χ2n) is 10.3. The van der Waals surface area contributed by atoms with Crippen molar-refractivity contribution in [2.45, 2.75) is 31.0 Å². The number of nitrogens with zero attached hydrogens (tertiary/aromatic N) is 1. The number of thiophene rings is 1. The fraction of sp³-hybridized carbons (Fsp3) is 0.429. The van der Waals surface area contributed by atoms with Crippen molar-refractivity contribution in [3.63, 3.8) is 0 Å². The molecule has 2 aromatic carbocycles. The monoisotopic (exact) mass is 599 g/mol. The minimum Gasteiger partial charge on any atom is -0.495 e. The summed E-state index contributed by atoms with van der Waals surface area (Å²) in [4.78, 5) is 1.79. The molecule has 0 saturated carbocycles. The van der Waals surface area contributed by atoms with Crippen molar-refractivity contribution in [3.05, 3.63) is 46.8 Å². The number of alkyl halides is 5. The van der Waals surface area contributed by atoms with E-state index in [0.29, 0.717) is 39.1 Å². The van der Waals surface area contributed by atoms with Crippen molar-refractivity contribution >= 4 is 45.2 Å². The first-order chi connectivity index (χ1) is 18.7. The van der Waals surface area contributed by atoms with Crippen molar-refractivity contribution in [2.24, 2.45) is 0 Å². The SMILES string of the molecule is COc1cc(P(C)(C)=O)ccc1NCC#Cc1sc2c(NC3CCN(C)CC3(F)F)cccc2c1CC(F)(F)F. The summed E-state index contributed by atoms with van der Waals surface area (Å²) in [5.74, 6) is 3.23. The normalized spacial score (nSPS) is 17.8. The van der Waals surface area contributed by atoms with Gasteiger partial charge in [-0.1, -0.05) is 24.0 Å². The molecule has 3 aromatic rings. The second-order valence-corrected chi connectivity index (χ2v) is 14.5. The molecule has 12 heteroatoms. The lowest BCUT2D eigenvalue weighted by Crippen LogP contribution is -2.53. The van der Waals surface area contributed by atoms with Crippen LogP contribution in [0, 0.1) is 11.8 Å². The van der Waals surface area contributed by atoms with E-state index in [-0.39, 0.29) is 23.4 Å². The van der Waals surface area contributed by atoms with Crippen molar-refractivity contribution in [1.29, 1.82) is 0 Å². The van der Waals surface area contributed by atoms with Gasteiger partial charge in [-0.25, -0.2) is 8.78 Å². The highest BCUT2D eigenvalue weighted by molar-refractivity contribution is 7.70. The van der Waals surface area contributed by atoms with Gasteiger partial charge in [0.1, 0.15) is 12.9 Å². The van der Waals surface area contributed by atoms with E-state index in [1.807, 2.05) is 0 Å². The summed E-state index contributed by atoms with van der Waals surface area (Å²) in [6.07, 6.45) is -5.45. The van der Waals surface area contributed by atoms with E-state index in [1.54, 1.807) is 61.7 Å². The van der Waals surface area contributed by atoms with Gasteiger partial charge in [-0.15, -0.1) is 11.3 Å². The third-order valence-corrected chi connectivity index (χ3v) is 9.41. The average Bonchev–Trinajstić information content (AvgIpc) is 3.19. The van der Waals surface area contributed by atoms with E-state index in [0.717, 1.165) is 11.3 Å². The Morgan fingerprint density at radius 2 is 1.95 bits per heavy atom. The van der Waals surface area contributed by atoms with Gasteiger partial charge >= 0.3 is 6.18 Å². The Morgan fingerprint density at radius 1 is 1.20 bits per heavy atom. The third kappa shape index (κ3) is 7.09. The summed E-state index contributed by atoms with van der Waals surface area (Å²) in [5.41, 5.74) is 1.01. The maximum atomic E-state index is 14.7. The standard InChI is InChI=1S/C28H31F5N3O2PS/c1-36-14-12-25(27(29,30)17-36)35-22-8-5-7-19-20(16-28(31,32)33)24(40-26(19)22)9-6-13-34-21-11-10-18(39(3,4)37)15-23(21)38-2/h5,7-8,10-11,15,25,34-35H,12-14,16-17H2,1-4H3. The van der Waals surface area contributed by atoms with Gasteiger partial charge in [-0.2, -0.15) is 13.2 Å². The zero-order valence-electron chi connectivity index (χ0n) is 22.6. The van der Waals surface area contributed by atoms with Crippen molar-refractivity contribution in [2.75, 3.05) is 57.8 Å². The first-order valence-electron chi connectivity index (χ1n) is 12.6. The van der Waals surface area contributed by atoms with Gasteiger partial charge in [-0.3, -0.25) is 0 Å². The van der Waals surface area contributed by atoms with E-state index >= 15 is 0 Å². The summed E-state index contributed by atoms with van der Waals surface area (Å²) in [7, 11) is 0.629. The van der Waals surface area contributed by atoms with E-state index in [9.17, 15) is 26.5 Å². The van der Waals surface area contributed by atoms with Crippen LogP contribution in [0.3, 0.4) is 0 Å². The molecule has 0 aliphatic carbocycles. The number of methoxy groups -OCH3 is 1. The molecule has 2 heterocycles. The number of ether oxygens (including phenoxy) is 1. The minimum absolute atomic E-state index is 0.0300. The van der Waals surface area contributed by atoms with Crippen LogP contribution < -0.4 is 20.7 Å². The Hall–Kier alpha value is -2.80. The lowest BCUT2D eigenvalue weighted by Gasteiger charge is -2.37. The number of piperidine rings is 1. The van der Waals surface area contributed by atoms with Crippen LogP contribution in [0.1, 0.15) is 16.9 Å². The van der Waals surface area contributed by atoms with E-state index < -0.39 is 38.2 Å². The Bertz CT molecular complexity index is 1490. The number of halogens is 5. The molecule has 1 atom stereocenters. The zero-order valence-corrected chi connectivity index (χ0v) is 24.3. The summed E-state index contributed by atoms with van der Waals surface area (Å²) >= 11 is 1.06. The topological polar surface area (TPSA) is 53.6 Å². The quantitative estimate of drug-likeness (QED) is 0.185. The number of anilines is 2. The van der Waals surface area contributed by atoms with Gasteiger partial charge in [-0.05, 0) is 62.0 Å². The smallest absolute Gasteiger partial charge is 0.393 e. The van der Waals surface area contributed by atoms with Crippen LogP contribution in [0.2, 0.25) is 0 Å². The second kappa shape index (κ2) is 11.6. The molecule has 0 bridgehead atoms. The van der Waals surface area contributed by atoms with Crippen molar-refractivity contribution < 1.29 is 31.3 Å². The fourth-order valence-electron chi connectivity index (χ4n) is 4.66. The summed E-state index contributed by atoms with van der Waals surface area (Å²) in [5, 5.41) is 7.01. The Balaban J connectivity index is 1.62. The van der Waals surface area contributed by atoms with E-state index in [1.165, 1.54) is 7.11 Å². The van der Waals surface area contributed by atoms with Crippen LogP contribution in [0.5, 0.6) is 5.75 Å². The molecule has 216 valence electrons. The van der Waals surface area contributed by atoms with Crippen molar-refractivity contribution in [1.82, 2.24) is 4.90 Å². The van der Waals surface area contributed by atoms with Gasteiger partial charge in [0.2, 0.25) is 0 Å². The maximum Gasteiger partial charge on any atom is 0.393 e. The molecular weight excluding hydrogens is 568 g/mol. The maximum absolute atomic E-state index is 14.7. The summed E-state index contributed by atoms with van der Waals surface area (Å²) in [6, 6.07) is 8.77. The molecule has 4 rings (SSSR count). The van der Waals surface area contributed by atoms with Gasteiger partial charge in [0, 0.05) is 11.8 Å². The van der Waals surface area contributed by atoms with Crippen LogP contribution in [0.25, 0.3) is 10.1 Å². The van der Waals surface area contributed by atoms with Crippen LogP contribution in [-0.4, -0.2) is 70.2 Å². The highest BCUT2D eigenvalue weighted by Crippen LogP contribution is 2.41. The molecule has 1 aromatic heterocycles. The number of hydrogen-bond donors (Lipinski definition) is 2. The van der Waals surface area contributed by atoms with Crippen LogP contribution in [-0.2, 0) is 11.0 Å². The number of nitrogens with one attached hydrogen (secondary N) is 2. The molecule has 1 aliphatic heterocycles. The highest BCUT2D eigenvalue weighted by Gasteiger charge is 2.44. The Labute approximate surface area is 234 Å². The molecule has 1 unspecified atom stereocenters. The van der Waals surface area contributed by atoms with E-state index in [4.69, 9.17) is 4.74 Å². The molecule has 1 saturated heterocycles. The molecule has 1 aliphatic rings. The number of rotatable bonds is 7. The van der Waals surface area contributed by atoms with Crippen LogP contribution in [0.15, 0.2) is 36.4 Å². The highest BCUT2D eigenvalue weighted by atomic mass is 32.1. The summed E-state index contributed by atoms with van der Waals surface area (Å²) < 4.78 is 88.2. The fourth-order valence-corrected chi connectivity index (χ4v) is 6.69. The van der Waals surface area contributed by atoms with Gasteiger partial charge < -0.3 is 24.8 Å². The van der Waals surface area contributed by atoms with Crippen molar-refractivity contribution in [3.8, 4) is 17.6 Å². The van der Waals surface area contributed by atoms with E-state index in [2.05, 4.69) is 22.5 Å². The van der Waals surface area contributed by atoms with Gasteiger partial charge in [0.05, 0.1) is 53.6 Å². The largest absolute Gasteiger partial charge is 0.495 e. The predicted octanol–water partition coefficient (Wildman–Crippen LogP) is 6.48. The minimum atomic E-state index is -4.47. The number of likely N-dealkylation sites (tertiary alicyclic amines) is 1.